The zero-order valence-electron chi connectivity index (χ0n) is 11.6. The normalized spacial score (nSPS) is 12.1. The molecule has 0 aliphatic heterocycles. The summed E-state index contributed by atoms with van der Waals surface area (Å²) < 4.78 is 1.96. The Balaban J connectivity index is 2.90. The van der Waals surface area contributed by atoms with Crippen molar-refractivity contribution in [3.63, 3.8) is 0 Å². The summed E-state index contributed by atoms with van der Waals surface area (Å²) in [5.41, 5.74) is 3.71. The molecule has 1 aromatic heterocycles. The van der Waals surface area contributed by atoms with Crippen molar-refractivity contribution in [3.8, 4) is 11.8 Å². The fraction of sp³-hybridized carbons (Fsp3) is 0.643. The van der Waals surface area contributed by atoms with Crippen molar-refractivity contribution >= 4 is 0 Å². The van der Waals surface area contributed by atoms with Crippen LogP contribution in [0, 0.1) is 25.7 Å². The number of rotatable bonds is 5. The number of hydrogen-bond donors (Lipinski definition) is 1. The van der Waals surface area contributed by atoms with E-state index in [1.807, 2.05) is 18.7 Å². The van der Waals surface area contributed by atoms with Gasteiger partial charge < -0.3 is 5.32 Å². The molecule has 1 atom stereocenters. The van der Waals surface area contributed by atoms with Crippen LogP contribution in [-0.4, -0.2) is 16.3 Å². The predicted molar refractivity (Wildman–Crippen MR) is 71.8 cm³/mol. The van der Waals surface area contributed by atoms with Gasteiger partial charge in [-0.3, -0.25) is 4.68 Å². The Morgan fingerprint density at radius 2 is 2.12 bits per heavy atom. The monoisotopic (exact) mass is 233 g/mol. The van der Waals surface area contributed by atoms with Gasteiger partial charge in [0.15, 0.2) is 0 Å². The highest BCUT2D eigenvalue weighted by molar-refractivity contribution is 5.28. The van der Waals surface area contributed by atoms with Crippen molar-refractivity contribution in [1.29, 1.82) is 0 Å². The van der Waals surface area contributed by atoms with E-state index in [0.717, 1.165) is 25.1 Å². The van der Waals surface area contributed by atoms with Crippen LogP contribution in [0.25, 0.3) is 0 Å². The van der Waals surface area contributed by atoms with Gasteiger partial charge in [-0.05, 0) is 33.7 Å². The summed E-state index contributed by atoms with van der Waals surface area (Å²) in [4.78, 5) is 0. The number of hydrogen-bond acceptors (Lipinski definition) is 2. The van der Waals surface area contributed by atoms with Gasteiger partial charge in [-0.15, -0.1) is 11.8 Å². The molecule has 1 unspecified atom stereocenters. The molecular weight excluding hydrogens is 210 g/mol. The molecule has 1 heterocycles. The molecule has 17 heavy (non-hydrogen) atoms. The molecular formula is C14H23N3. The first-order valence-electron chi connectivity index (χ1n) is 6.24. The first kappa shape index (κ1) is 13.8. The van der Waals surface area contributed by atoms with Crippen LogP contribution in [0.3, 0.4) is 0 Å². The quantitative estimate of drug-likeness (QED) is 0.792. The van der Waals surface area contributed by atoms with Gasteiger partial charge in [0.2, 0.25) is 0 Å². The van der Waals surface area contributed by atoms with Crippen LogP contribution in [0.2, 0.25) is 0 Å². The second-order valence-corrected chi connectivity index (χ2v) is 4.28. The van der Waals surface area contributed by atoms with Crippen LogP contribution in [0.15, 0.2) is 0 Å². The van der Waals surface area contributed by atoms with E-state index in [1.165, 1.54) is 11.3 Å². The maximum Gasteiger partial charge on any atom is 0.0644 e. The molecule has 0 spiro atoms. The topological polar surface area (TPSA) is 29.9 Å². The minimum absolute atomic E-state index is 0.370. The first-order chi connectivity index (χ1) is 8.11. The van der Waals surface area contributed by atoms with Crippen LogP contribution >= 0.6 is 0 Å². The van der Waals surface area contributed by atoms with Crippen molar-refractivity contribution in [1.82, 2.24) is 15.1 Å². The van der Waals surface area contributed by atoms with Crippen LogP contribution < -0.4 is 5.32 Å². The standard InChI is InChI=1S/C14H23N3/c1-6-8-9-10-13(15-7-2)14-11(3)16-17(5)12(14)4/h13,15H,7,9-10H2,1-5H3. The molecule has 0 fully saturated rings. The lowest BCUT2D eigenvalue weighted by Gasteiger charge is -2.17. The molecule has 0 saturated heterocycles. The van der Waals surface area contributed by atoms with Crippen LogP contribution in [0.1, 0.15) is 49.7 Å². The van der Waals surface area contributed by atoms with Crippen molar-refractivity contribution in [3.05, 3.63) is 17.0 Å². The highest BCUT2D eigenvalue weighted by Crippen LogP contribution is 2.24. The van der Waals surface area contributed by atoms with Crippen molar-refractivity contribution in [2.75, 3.05) is 6.54 Å². The lowest BCUT2D eigenvalue weighted by Crippen LogP contribution is -2.22. The van der Waals surface area contributed by atoms with E-state index in [0.29, 0.717) is 6.04 Å². The highest BCUT2D eigenvalue weighted by atomic mass is 15.3. The largest absolute Gasteiger partial charge is 0.310 e. The summed E-state index contributed by atoms with van der Waals surface area (Å²) >= 11 is 0. The molecule has 0 bridgehead atoms. The van der Waals surface area contributed by atoms with Gasteiger partial charge in [0.25, 0.3) is 0 Å². The van der Waals surface area contributed by atoms with Gasteiger partial charge in [0, 0.05) is 30.8 Å². The third-order valence-corrected chi connectivity index (χ3v) is 3.10. The van der Waals surface area contributed by atoms with Crippen molar-refractivity contribution in [2.24, 2.45) is 7.05 Å². The van der Waals surface area contributed by atoms with Crippen molar-refractivity contribution < 1.29 is 0 Å². The molecule has 0 aliphatic rings. The van der Waals surface area contributed by atoms with Gasteiger partial charge in [0.1, 0.15) is 0 Å². The van der Waals surface area contributed by atoms with Crippen LogP contribution in [0.4, 0.5) is 0 Å². The number of aryl methyl sites for hydroxylation is 2. The zero-order chi connectivity index (χ0) is 12.8. The minimum atomic E-state index is 0.370. The summed E-state index contributed by atoms with van der Waals surface area (Å²) in [6.07, 6.45) is 1.98. The lowest BCUT2D eigenvalue weighted by molar-refractivity contribution is 0.517. The summed E-state index contributed by atoms with van der Waals surface area (Å²) in [7, 11) is 2.00. The molecule has 0 amide bonds. The summed E-state index contributed by atoms with van der Waals surface area (Å²) in [6.45, 7) is 9.21. The van der Waals surface area contributed by atoms with E-state index in [2.05, 4.69) is 43.0 Å². The number of nitrogens with zero attached hydrogens (tertiary/aromatic N) is 2. The van der Waals surface area contributed by atoms with E-state index in [4.69, 9.17) is 0 Å². The lowest BCUT2D eigenvalue weighted by atomic mass is 10.00. The van der Waals surface area contributed by atoms with Crippen LogP contribution in [0.5, 0.6) is 0 Å². The molecule has 1 aromatic rings. The zero-order valence-corrected chi connectivity index (χ0v) is 11.6. The molecule has 0 saturated carbocycles. The molecule has 94 valence electrons. The van der Waals surface area contributed by atoms with Gasteiger partial charge in [-0.1, -0.05) is 6.92 Å². The third-order valence-electron chi connectivity index (χ3n) is 3.10. The van der Waals surface area contributed by atoms with Gasteiger partial charge >= 0.3 is 0 Å². The van der Waals surface area contributed by atoms with Gasteiger partial charge in [-0.2, -0.15) is 5.10 Å². The second kappa shape index (κ2) is 6.46. The Kier molecular flexibility index (Phi) is 5.24. The SMILES string of the molecule is CC#CCCC(NCC)c1c(C)nn(C)c1C. The van der Waals surface area contributed by atoms with E-state index in [-0.39, 0.29) is 0 Å². The third kappa shape index (κ3) is 3.34. The maximum atomic E-state index is 4.48. The van der Waals surface area contributed by atoms with Crippen LogP contribution in [-0.2, 0) is 7.05 Å². The van der Waals surface area contributed by atoms with Gasteiger partial charge in [0.05, 0.1) is 5.69 Å². The Labute approximate surface area is 105 Å². The fourth-order valence-corrected chi connectivity index (χ4v) is 2.23. The average Bonchev–Trinajstić information content (AvgIpc) is 2.53. The highest BCUT2D eigenvalue weighted by Gasteiger charge is 2.18. The Morgan fingerprint density at radius 3 is 2.59 bits per heavy atom. The molecule has 0 aliphatic carbocycles. The minimum Gasteiger partial charge on any atom is -0.310 e. The molecule has 1 N–H and O–H groups in total. The molecule has 0 aromatic carbocycles. The number of aromatic nitrogens is 2. The Morgan fingerprint density at radius 1 is 1.41 bits per heavy atom. The summed E-state index contributed by atoms with van der Waals surface area (Å²) in [6, 6.07) is 0.370. The van der Waals surface area contributed by atoms with E-state index < -0.39 is 0 Å². The summed E-state index contributed by atoms with van der Waals surface area (Å²) in [5, 5.41) is 8.01. The average molecular weight is 233 g/mol. The molecule has 3 nitrogen and oxygen atoms in total. The van der Waals surface area contributed by atoms with Gasteiger partial charge in [-0.25, -0.2) is 0 Å². The van der Waals surface area contributed by atoms with E-state index in [1.54, 1.807) is 0 Å². The fourth-order valence-electron chi connectivity index (χ4n) is 2.23. The Bertz CT molecular complexity index is 421. The van der Waals surface area contributed by atoms with E-state index in [9.17, 15) is 0 Å². The molecule has 0 radical (unpaired) electrons. The molecule has 3 heteroatoms. The van der Waals surface area contributed by atoms with E-state index >= 15 is 0 Å². The second-order valence-electron chi connectivity index (χ2n) is 4.28. The summed E-state index contributed by atoms with van der Waals surface area (Å²) in [5.74, 6) is 6.09. The maximum absolute atomic E-state index is 4.48. The smallest absolute Gasteiger partial charge is 0.0644 e. The number of nitrogens with one attached hydrogen (secondary N) is 1. The molecule has 1 rings (SSSR count). The Hall–Kier alpha value is -1.27. The predicted octanol–water partition coefficient (Wildman–Crippen LogP) is 2.49. The van der Waals surface area contributed by atoms with Crippen molar-refractivity contribution in [2.45, 2.75) is 46.6 Å². The first-order valence-corrected chi connectivity index (χ1v) is 6.24.